The second-order valence-electron chi connectivity index (χ2n) is 4.11. The van der Waals surface area contributed by atoms with E-state index in [-0.39, 0.29) is 25.6 Å². The summed E-state index contributed by atoms with van der Waals surface area (Å²) in [4.78, 5) is 12.8. The number of hydrogen-bond donors (Lipinski definition) is 2. The summed E-state index contributed by atoms with van der Waals surface area (Å²) in [5.41, 5.74) is 0.943. The second-order valence-corrected chi connectivity index (χ2v) is 4.11. The van der Waals surface area contributed by atoms with Gasteiger partial charge in [0.25, 0.3) is 6.43 Å². The quantitative estimate of drug-likeness (QED) is 0.738. The zero-order chi connectivity index (χ0) is 14.1. The van der Waals surface area contributed by atoms with Gasteiger partial charge in [-0.25, -0.2) is 8.78 Å². The van der Waals surface area contributed by atoms with E-state index in [1.54, 1.807) is 0 Å². The summed E-state index contributed by atoms with van der Waals surface area (Å²) < 4.78 is 24.5. The number of carbonyl (C=O) groups excluding carboxylic acids is 1. The molecule has 0 heterocycles. The molecule has 0 unspecified atom stereocenters. The molecule has 0 aliphatic rings. The van der Waals surface area contributed by atoms with Gasteiger partial charge in [-0.05, 0) is 5.56 Å². The Morgan fingerprint density at radius 3 is 2.58 bits per heavy atom. The van der Waals surface area contributed by atoms with Gasteiger partial charge < -0.3 is 10.4 Å². The van der Waals surface area contributed by atoms with Crippen LogP contribution < -0.4 is 5.32 Å². The van der Waals surface area contributed by atoms with E-state index in [1.807, 2.05) is 30.3 Å². The van der Waals surface area contributed by atoms with Crippen molar-refractivity contribution < 1.29 is 18.7 Å². The van der Waals surface area contributed by atoms with Gasteiger partial charge in [-0.15, -0.1) is 0 Å². The highest BCUT2D eigenvalue weighted by atomic mass is 19.3. The third-order valence-corrected chi connectivity index (χ3v) is 2.51. The molecule has 0 spiro atoms. The summed E-state index contributed by atoms with van der Waals surface area (Å²) in [7, 11) is 0. The number of nitrogens with one attached hydrogen (secondary N) is 1. The number of aliphatic hydroxyl groups excluding tert-OH is 1. The molecule has 106 valence electrons. The number of hydrogen-bond acceptors (Lipinski definition) is 3. The number of halogens is 2. The van der Waals surface area contributed by atoms with E-state index < -0.39 is 13.0 Å². The van der Waals surface area contributed by atoms with Crippen LogP contribution >= 0.6 is 0 Å². The maximum Gasteiger partial charge on any atom is 0.251 e. The summed E-state index contributed by atoms with van der Waals surface area (Å²) >= 11 is 0. The predicted octanol–water partition coefficient (Wildman–Crippen LogP) is 0.862. The van der Waals surface area contributed by atoms with E-state index in [9.17, 15) is 13.6 Å². The minimum absolute atomic E-state index is 0.0586. The first-order chi connectivity index (χ1) is 9.11. The molecule has 0 saturated carbocycles. The van der Waals surface area contributed by atoms with Crippen LogP contribution in [0.5, 0.6) is 0 Å². The Bertz CT molecular complexity index is 374. The normalized spacial score (nSPS) is 11.0. The van der Waals surface area contributed by atoms with Gasteiger partial charge in [-0.3, -0.25) is 9.69 Å². The van der Waals surface area contributed by atoms with E-state index in [4.69, 9.17) is 5.11 Å². The molecule has 1 aromatic carbocycles. The molecule has 1 aromatic rings. The first-order valence-corrected chi connectivity index (χ1v) is 6.04. The number of alkyl halides is 2. The van der Waals surface area contributed by atoms with Crippen LogP contribution in [-0.2, 0) is 11.3 Å². The van der Waals surface area contributed by atoms with Crippen molar-refractivity contribution in [3.8, 4) is 0 Å². The Kier molecular flexibility index (Phi) is 6.99. The van der Waals surface area contributed by atoms with Crippen LogP contribution in [-0.4, -0.2) is 48.6 Å². The molecule has 0 atom stereocenters. The van der Waals surface area contributed by atoms with Crippen LogP contribution in [0, 0.1) is 0 Å². The fourth-order valence-electron chi connectivity index (χ4n) is 1.63. The number of benzene rings is 1. The fourth-order valence-corrected chi connectivity index (χ4v) is 1.63. The minimum Gasteiger partial charge on any atom is -0.395 e. The molecule has 0 aliphatic heterocycles. The highest BCUT2D eigenvalue weighted by Gasteiger charge is 2.14. The maximum atomic E-state index is 12.3. The topological polar surface area (TPSA) is 52.6 Å². The van der Waals surface area contributed by atoms with Crippen LogP contribution in [0.3, 0.4) is 0 Å². The largest absolute Gasteiger partial charge is 0.395 e. The maximum absolute atomic E-state index is 12.3. The molecule has 6 heteroatoms. The third-order valence-electron chi connectivity index (χ3n) is 2.51. The molecular formula is C13H18F2N2O2. The monoisotopic (exact) mass is 272 g/mol. The van der Waals surface area contributed by atoms with Gasteiger partial charge in [0.2, 0.25) is 5.91 Å². The van der Waals surface area contributed by atoms with Gasteiger partial charge in [0, 0.05) is 13.1 Å². The Morgan fingerprint density at radius 1 is 1.32 bits per heavy atom. The lowest BCUT2D eigenvalue weighted by Crippen LogP contribution is -2.40. The average Bonchev–Trinajstić information content (AvgIpc) is 2.37. The zero-order valence-electron chi connectivity index (χ0n) is 10.6. The van der Waals surface area contributed by atoms with Crippen LogP contribution in [0.4, 0.5) is 8.78 Å². The first kappa shape index (κ1) is 15.5. The second kappa shape index (κ2) is 8.55. The van der Waals surface area contributed by atoms with Gasteiger partial charge in [-0.1, -0.05) is 30.3 Å². The Balaban J connectivity index is 2.35. The molecule has 0 aromatic heterocycles. The van der Waals surface area contributed by atoms with Gasteiger partial charge in [0.1, 0.15) is 0 Å². The van der Waals surface area contributed by atoms with Crippen LogP contribution in [0.2, 0.25) is 0 Å². The van der Waals surface area contributed by atoms with Gasteiger partial charge >= 0.3 is 0 Å². The minimum atomic E-state index is -2.52. The molecule has 0 bridgehead atoms. The predicted molar refractivity (Wildman–Crippen MR) is 67.8 cm³/mol. The van der Waals surface area contributed by atoms with E-state index in [1.165, 1.54) is 4.90 Å². The third kappa shape index (κ3) is 6.83. The van der Waals surface area contributed by atoms with Gasteiger partial charge in [-0.2, -0.15) is 0 Å². The van der Waals surface area contributed by atoms with Gasteiger partial charge in [0.15, 0.2) is 0 Å². The lowest BCUT2D eigenvalue weighted by atomic mass is 10.2. The molecule has 1 rings (SSSR count). The number of nitrogens with zero attached hydrogens (tertiary/aromatic N) is 1. The summed E-state index contributed by atoms with van der Waals surface area (Å²) in [5.74, 6) is -0.335. The molecule has 0 saturated heterocycles. The summed E-state index contributed by atoms with van der Waals surface area (Å²) in [6.45, 7) is -0.486. The average molecular weight is 272 g/mol. The van der Waals surface area contributed by atoms with Crippen LogP contribution in [0.25, 0.3) is 0 Å². The van der Waals surface area contributed by atoms with Crippen molar-refractivity contribution in [1.82, 2.24) is 10.2 Å². The van der Waals surface area contributed by atoms with Crippen molar-refractivity contribution in [2.24, 2.45) is 0 Å². The molecular weight excluding hydrogens is 254 g/mol. The van der Waals surface area contributed by atoms with Crippen molar-refractivity contribution in [2.45, 2.75) is 13.0 Å². The van der Waals surface area contributed by atoms with Crippen molar-refractivity contribution in [2.75, 3.05) is 26.2 Å². The van der Waals surface area contributed by atoms with Crippen molar-refractivity contribution in [3.05, 3.63) is 35.9 Å². The number of carbonyl (C=O) groups is 1. The van der Waals surface area contributed by atoms with Crippen molar-refractivity contribution >= 4 is 5.91 Å². The van der Waals surface area contributed by atoms with Crippen molar-refractivity contribution in [1.29, 1.82) is 0 Å². The molecule has 2 N–H and O–H groups in total. The highest BCUT2D eigenvalue weighted by molar-refractivity contribution is 5.78. The Morgan fingerprint density at radius 2 is 2.00 bits per heavy atom. The summed E-state index contributed by atoms with van der Waals surface area (Å²) in [5, 5.41) is 11.4. The Labute approximate surface area is 111 Å². The molecule has 4 nitrogen and oxygen atoms in total. The van der Waals surface area contributed by atoms with Crippen molar-refractivity contribution in [3.63, 3.8) is 0 Å². The standard InChI is InChI=1S/C13H18F2N2O2/c14-12(15)9-17(6-7-18)10-13(19)16-8-11-4-2-1-3-5-11/h1-5,12,18H,6-10H2,(H,16,19). The highest BCUT2D eigenvalue weighted by Crippen LogP contribution is 1.99. The van der Waals surface area contributed by atoms with Gasteiger partial charge in [0.05, 0.1) is 19.7 Å². The van der Waals surface area contributed by atoms with E-state index >= 15 is 0 Å². The molecule has 0 aliphatic carbocycles. The molecule has 1 amide bonds. The zero-order valence-corrected chi connectivity index (χ0v) is 10.6. The van der Waals surface area contributed by atoms with Crippen LogP contribution in [0.15, 0.2) is 30.3 Å². The molecule has 0 fully saturated rings. The number of amides is 1. The van der Waals surface area contributed by atoms with E-state index in [2.05, 4.69) is 5.32 Å². The smallest absolute Gasteiger partial charge is 0.251 e. The summed E-state index contributed by atoms with van der Waals surface area (Å²) in [6, 6.07) is 9.32. The molecule has 19 heavy (non-hydrogen) atoms. The lowest BCUT2D eigenvalue weighted by molar-refractivity contribution is -0.122. The SMILES string of the molecule is O=C(CN(CCO)CC(F)F)NCc1ccccc1. The van der Waals surface area contributed by atoms with E-state index in [0.717, 1.165) is 5.56 Å². The fraction of sp³-hybridized carbons (Fsp3) is 0.462. The lowest BCUT2D eigenvalue weighted by Gasteiger charge is -2.20. The first-order valence-electron chi connectivity index (χ1n) is 6.04. The number of rotatable bonds is 8. The summed E-state index contributed by atoms with van der Waals surface area (Å²) in [6.07, 6.45) is -2.52. The Hall–Kier alpha value is -1.53. The number of aliphatic hydroxyl groups is 1. The van der Waals surface area contributed by atoms with E-state index in [0.29, 0.717) is 6.54 Å². The van der Waals surface area contributed by atoms with Crippen LogP contribution in [0.1, 0.15) is 5.56 Å². The molecule has 0 radical (unpaired) electrons.